The number of aromatic nitrogens is 8. The van der Waals surface area contributed by atoms with E-state index in [9.17, 15) is 4.79 Å². The fraction of sp³-hybridized carbons (Fsp3) is 0.204. The smallest absolute Gasteiger partial charge is 0.342 e. The predicted octanol–water partition coefficient (Wildman–Crippen LogP) is 11.8. The van der Waals surface area contributed by atoms with Gasteiger partial charge in [-0.25, -0.2) is 14.8 Å². The average molecular weight is 857 g/mol. The highest BCUT2D eigenvalue weighted by Crippen LogP contribution is 2.40. The SMILES string of the molecule is CCOC(=O)c1c2nc(cc3ccc([nH]3)c(-c3ccc(-c4c5nc(cc6ccc([nH]6)c(OC)c6nc(cc7ccc4[nH]7)C(C)(C)C6)C(C)(C)C5)cc3)c3nc(cc4ccc1[nH]4)C=C3)C=C2. The van der Waals surface area contributed by atoms with Crippen molar-refractivity contribution in [2.24, 2.45) is 0 Å². The lowest BCUT2D eigenvalue weighted by atomic mass is 9.85. The van der Waals surface area contributed by atoms with Gasteiger partial charge in [0.15, 0.2) is 5.75 Å². The number of nitrogens with one attached hydrogen (secondary N) is 4. The molecule has 0 atom stereocenters. The molecular weight excluding hydrogens is 809 g/mol. The zero-order valence-corrected chi connectivity index (χ0v) is 37.2. The van der Waals surface area contributed by atoms with Crippen LogP contribution in [0.4, 0.5) is 0 Å². The molecule has 11 rings (SSSR count). The van der Waals surface area contributed by atoms with E-state index in [1.54, 1.807) is 14.0 Å². The fourth-order valence-corrected chi connectivity index (χ4v) is 9.45. The van der Waals surface area contributed by atoms with Crippen molar-refractivity contribution >= 4 is 74.4 Å². The summed E-state index contributed by atoms with van der Waals surface area (Å²) in [6.45, 7) is 11.0. The first-order valence-corrected chi connectivity index (χ1v) is 22.1. The first kappa shape index (κ1) is 40.0. The number of carbonyl (C=O) groups excluding carboxylic acids is 1. The molecule has 322 valence electrons. The van der Waals surface area contributed by atoms with Crippen molar-refractivity contribution in [2.75, 3.05) is 13.7 Å². The zero-order valence-electron chi connectivity index (χ0n) is 37.2. The maximum atomic E-state index is 13.2. The zero-order chi connectivity index (χ0) is 44.6. The van der Waals surface area contributed by atoms with E-state index in [1.807, 2.05) is 48.6 Å². The van der Waals surface area contributed by atoms with Crippen molar-refractivity contribution in [1.82, 2.24) is 39.9 Å². The van der Waals surface area contributed by atoms with E-state index in [2.05, 4.69) is 120 Å². The third-order valence-electron chi connectivity index (χ3n) is 12.7. The van der Waals surface area contributed by atoms with Gasteiger partial charge in [-0.2, -0.15) is 0 Å². The molecule has 7 aromatic rings. The summed E-state index contributed by atoms with van der Waals surface area (Å²) >= 11 is 0. The molecule has 16 bridgehead atoms. The van der Waals surface area contributed by atoms with Crippen LogP contribution in [0.25, 0.3) is 90.7 Å². The molecule has 65 heavy (non-hydrogen) atoms. The van der Waals surface area contributed by atoms with Gasteiger partial charge < -0.3 is 29.4 Å². The Labute approximate surface area is 375 Å². The Kier molecular flexibility index (Phi) is 9.35. The van der Waals surface area contributed by atoms with Crippen LogP contribution >= 0.6 is 0 Å². The summed E-state index contributed by atoms with van der Waals surface area (Å²) in [5.41, 5.74) is 17.9. The van der Waals surface area contributed by atoms with Gasteiger partial charge in [-0.05, 0) is 115 Å². The number of nitrogens with zero attached hydrogens (tertiary/aromatic N) is 4. The lowest BCUT2D eigenvalue weighted by molar-refractivity contribution is 0.0528. The summed E-state index contributed by atoms with van der Waals surface area (Å²) in [6, 6.07) is 33.4. The number of aromatic amines is 4. The summed E-state index contributed by atoms with van der Waals surface area (Å²) in [5.74, 6) is 0.329. The Morgan fingerprint density at radius 1 is 0.554 bits per heavy atom. The van der Waals surface area contributed by atoms with Crippen molar-refractivity contribution in [3.8, 4) is 28.0 Å². The molecular formula is C54H48N8O3. The molecule has 4 aliphatic heterocycles. The Morgan fingerprint density at radius 2 is 1.03 bits per heavy atom. The molecule has 0 spiro atoms. The standard InChI is InChI=1S/C54H48N8O3/c1-7-65-52(63)50-41-21-14-34(57-41)24-32-12-18-38(55-32)48(39-19-13-33(56-39)25-35-15-22-42(50)58-35)30-8-10-31(11-9-30)49-40-20-16-36(59-40)26-47-54(4,5)29-45(62-47)51(64-6)43-23-17-37(60-43)27-46-53(2,3)28-44(49)61-46/h8-27,55,58-60H,7,28-29H2,1-6H3. The molecule has 0 saturated heterocycles. The van der Waals surface area contributed by atoms with Crippen LogP contribution < -0.4 is 4.74 Å². The van der Waals surface area contributed by atoms with Crippen LogP contribution in [0.3, 0.4) is 0 Å². The van der Waals surface area contributed by atoms with E-state index in [-0.39, 0.29) is 17.4 Å². The van der Waals surface area contributed by atoms with Gasteiger partial charge >= 0.3 is 5.97 Å². The molecule has 0 amide bonds. The monoisotopic (exact) mass is 856 g/mol. The lowest BCUT2D eigenvalue weighted by Crippen LogP contribution is -2.15. The lowest BCUT2D eigenvalue weighted by Gasteiger charge is -2.16. The van der Waals surface area contributed by atoms with Crippen molar-refractivity contribution in [3.63, 3.8) is 0 Å². The van der Waals surface area contributed by atoms with Gasteiger partial charge in [0.05, 0.1) is 58.9 Å². The second kappa shape index (κ2) is 15.2. The third kappa shape index (κ3) is 7.22. The molecule has 4 aliphatic rings. The molecule has 0 saturated carbocycles. The fourth-order valence-electron chi connectivity index (χ4n) is 9.45. The summed E-state index contributed by atoms with van der Waals surface area (Å²) in [7, 11) is 1.72. The number of fused-ring (bicyclic) bond motifs is 16. The van der Waals surface area contributed by atoms with Crippen LogP contribution in [0.5, 0.6) is 5.75 Å². The molecule has 11 nitrogen and oxygen atoms in total. The molecule has 6 aromatic heterocycles. The molecule has 0 unspecified atom stereocenters. The van der Waals surface area contributed by atoms with E-state index < -0.39 is 5.97 Å². The van der Waals surface area contributed by atoms with E-state index >= 15 is 0 Å². The van der Waals surface area contributed by atoms with Gasteiger partial charge in [0, 0.05) is 79.3 Å². The number of rotatable bonds is 5. The van der Waals surface area contributed by atoms with Gasteiger partial charge in [-0.15, -0.1) is 0 Å². The van der Waals surface area contributed by atoms with Gasteiger partial charge in [0.2, 0.25) is 0 Å². The highest BCUT2D eigenvalue weighted by Gasteiger charge is 2.33. The van der Waals surface area contributed by atoms with Crippen LogP contribution in [-0.4, -0.2) is 59.6 Å². The van der Waals surface area contributed by atoms with Crippen LogP contribution in [0, 0.1) is 0 Å². The topological polar surface area (TPSA) is 150 Å². The number of esters is 1. The van der Waals surface area contributed by atoms with Crippen molar-refractivity contribution in [3.05, 3.63) is 148 Å². The number of ether oxygens (including phenoxy) is 2. The molecule has 0 radical (unpaired) electrons. The van der Waals surface area contributed by atoms with Crippen LogP contribution in [-0.2, 0) is 28.4 Å². The minimum absolute atomic E-state index is 0.190. The van der Waals surface area contributed by atoms with E-state index in [4.69, 9.17) is 29.4 Å². The summed E-state index contributed by atoms with van der Waals surface area (Å²) in [4.78, 5) is 48.2. The third-order valence-corrected chi connectivity index (χ3v) is 12.7. The summed E-state index contributed by atoms with van der Waals surface area (Å²) in [5, 5.41) is 0. The number of hydrogen-bond donors (Lipinski definition) is 4. The van der Waals surface area contributed by atoms with Gasteiger partial charge in [0.1, 0.15) is 5.56 Å². The minimum Gasteiger partial charge on any atom is -0.493 e. The number of methoxy groups -OCH3 is 1. The van der Waals surface area contributed by atoms with Crippen molar-refractivity contribution in [1.29, 1.82) is 0 Å². The number of carbonyl (C=O) groups is 1. The highest BCUT2D eigenvalue weighted by molar-refractivity contribution is 6.02. The van der Waals surface area contributed by atoms with Crippen LogP contribution in [0.1, 0.15) is 90.5 Å². The normalized spacial score (nSPS) is 14.7. The van der Waals surface area contributed by atoms with Crippen LogP contribution in [0.15, 0.2) is 97.1 Å². The van der Waals surface area contributed by atoms with E-state index in [0.717, 1.165) is 114 Å². The van der Waals surface area contributed by atoms with Gasteiger partial charge in [-0.3, -0.25) is 9.97 Å². The van der Waals surface area contributed by atoms with Crippen LogP contribution in [0.2, 0.25) is 0 Å². The Balaban J connectivity index is 1.10. The van der Waals surface area contributed by atoms with Gasteiger partial charge in [0.25, 0.3) is 0 Å². The van der Waals surface area contributed by atoms with Gasteiger partial charge in [-0.1, -0.05) is 52.0 Å². The second-order valence-corrected chi connectivity index (χ2v) is 18.4. The quantitative estimate of drug-likeness (QED) is 0.126. The average Bonchev–Trinajstić information content (AvgIpc) is 4.13. The largest absolute Gasteiger partial charge is 0.493 e. The molecule has 10 heterocycles. The Morgan fingerprint density at radius 3 is 1.65 bits per heavy atom. The highest BCUT2D eigenvalue weighted by atomic mass is 16.5. The number of hydrogen-bond acceptors (Lipinski definition) is 7. The number of H-pyrrole nitrogens is 4. The number of benzene rings is 1. The molecule has 0 fully saturated rings. The molecule has 0 aliphatic carbocycles. The molecule has 4 N–H and O–H groups in total. The van der Waals surface area contributed by atoms with E-state index in [1.165, 1.54) is 0 Å². The summed E-state index contributed by atoms with van der Waals surface area (Å²) in [6.07, 6.45) is 9.34. The minimum atomic E-state index is -0.432. The Bertz CT molecular complexity index is 3520. The van der Waals surface area contributed by atoms with Crippen molar-refractivity contribution in [2.45, 2.75) is 58.3 Å². The Hall–Kier alpha value is -7.79. The summed E-state index contributed by atoms with van der Waals surface area (Å²) < 4.78 is 11.4. The van der Waals surface area contributed by atoms with Crippen molar-refractivity contribution < 1.29 is 14.3 Å². The van der Waals surface area contributed by atoms with E-state index in [0.29, 0.717) is 22.5 Å². The predicted molar refractivity (Wildman–Crippen MR) is 260 cm³/mol. The second-order valence-electron chi connectivity index (χ2n) is 18.4. The molecule has 11 heteroatoms. The maximum Gasteiger partial charge on any atom is 0.342 e. The first-order chi connectivity index (χ1) is 31.4. The molecule has 1 aromatic carbocycles. The first-order valence-electron chi connectivity index (χ1n) is 22.1. The maximum absolute atomic E-state index is 13.2.